The van der Waals surface area contributed by atoms with E-state index in [1.165, 1.54) is 22.9 Å². The molecule has 2 heterocycles. The highest BCUT2D eigenvalue weighted by Gasteiger charge is 2.20. The topological polar surface area (TPSA) is 63.8 Å². The number of ketones is 1. The molecule has 0 saturated heterocycles. The summed E-state index contributed by atoms with van der Waals surface area (Å²) in [5.41, 5.74) is 1.25. The number of aliphatic hydroxyl groups is 1. The minimum Gasteiger partial charge on any atom is -0.394 e. The number of ether oxygens (including phenoxy) is 1. The number of halogens is 3. The summed E-state index contributed by atoms with van der Waals surface area (Å²) in [7, 11) is 0. The van der Waals surface area contributed by atoms with Crippen LogP contribution in [0.4, 0.5) is 8.78 Å². The Balaban J connectivity index is 2.04. The zero-order chi connectivity index (χ0) is 18.7. The maximum Gasteiger partial charge on any atom is 0.190 e. The van der Waals surface area contributed by atoms with Gasteiger partial charge in [-0.15, -0.1) is 0 Å². The van der Waals surface area contributed by atoms with Gasteiger partial charge in [0, 0.05) is 21.2 Å². The summed E-state index contributed by atoms with van der Waals surface area (Å²) in [5.74, 6) is -1.35. The molecule has 0 aliphatic heterocycles. The standard InChI is InChI=1S/C18H15F2IN2O3/c19-14-6-12(21)2-1-11(14)5-16-13(18(25)9-26-4-3-24)7-17-15(20)8-22-10-23(16)17/h1-2,6-8,10,24H,3-5,9H2. The molecule has 136 valence electrons. The van der Waals surface area contributed by atoms with Crippen molar-refractivity contribution in [3.63, 3.8) is 0 Å². The molecule has 0 saturated carbocycles. The molecule has 1 aromatic carbocycles. The van der Waals surface area contributed by atoms with Crippen molar-refractivity contribution in [3.8, 4) is 0 Å². The van der Waals surface area contributed by atoms with Crippen LogP contribution in [0.5, 0.6) is 0 Å². The van der Waals surface area contributed by atoms with E-state index in [0.717, 1.165) is 9.77 Å². The zero-order valence-electron chi connectivity index (χ0n) is 13.6. The smallest absolute Gasteiger partial charge is 0.190 e. The van der Waals surface area contributed by atoms with Crippen LogP contribution in [-0.2, 0) is 11.2 Å². The monoisotopic (exact) mass is 472 g/mol. The van der Waals surface area contributed by atoms with Gasteiger partial charge in [-0.05, 0) is 46.4 Å². The Kier molecular flexibility index (Phi) is 5.94. The van der Waals surface area contributed by atoms with Gasteiger partial charge in [0.05, 0.1) is 31.3 Å². The largest absolute Gasteiger partial charge is 0.394 e. The maximum atomic E-state index is 14.3. The Morgan fingerprint density at radius 2 is 2.08 bits per heavy atom. The average Bonchev–Trinajstić information content (AvgIpc) is 2.98. The van der Waals surface area contributed by atoms with Gasteiger partial charge in [0.15, 0.2) is 11.6 Å². The number of Topliss-reactive ketones (excluding diaryl/α,β-unsaturated/α-hetero) is 1. The van der Waals surface area contributed by atoms with Crippen molar-refractivity contribution in [3.05, 3.63) is 68.8 Å². The van der Waals surface area contributed by atoms with Gasteiger partial charge in [0.1, 0.15) is 12.4 Å². The molecule has 5 nitrogen and oxygen atoms in total. The number of nitrogens with zero attached hydrogens (tertiary/aromatic N) is 2. The van der Waals surface area contributed by atoms with Crippen LogP contribution in [0.25, 0.3) is 5.52 Å². The SMILES string of the molecule is O=C(COCCO)c1cc2c(F)cncn2c1Cc1ccc(I)cc1F. The van der Waals surface area contributed by atoms with Gasteiger partial charge >= 0.3 is 0 Å². The Hall–Kier alpha value is -1.91. The van der Waals surface area contributed by atoms with E-state index in [1.54, 1.807) is 12.1 Å². The first kappa shape index (κ1) is 18.9. The van der Waals surface area contributed by atoms with E-state index in [1.807, 2.05) is 22.6 Å². The van der Waals surface area contributed by atoms with Crippen molar-refractivity contribution in [2.75, 3.05) is 19.8 Å². The lowest BCUT2D eigenvalue weighted by atomic mass is 10.0. The molecule has 3 aromatic rings. The third-order valence-corrected chi connectivity index (χ3v) is 4.57. The van der Waals surface area contributed by atoms with Crippen molar-refractivity contribution >= 4 is 33.9 Å². The van der Waals surface area contributed by atoms with E-state index in [4.69, 9.17) is 9.84 Å². The molecule has 8 heteroatoms. The van der Waals surface area contributed by atoms with Crippen molar-refractivity contribution in [1.29, 1.82) is 0 Å². The first-order valence-electron chi connectivity index (χ1n) is 7.80. The van der Waals surface area contributed by atoms with Gasteiger partial charge < -0.3 is 14.2 Å². The first-order valence-corrected chi connectivity index (χ1v) is 8.88. The summed E-state index contributed by atoms with van der Waals surface area (Å²) in [4.78, 5) is 16.3. The normalized spacial score (nSPS) is 11.2. The fourth-order valence-electron chi connectivity index (χ4n) is 2.69. The highest BCUT2D eigenvalue weighted by atomic mass is 127. The van der Waals surface area contributed by atoms with Crippen molar-refractivity contribution in [2.24, 2.45) is 0 Å². The van der Waals surface area contributed by atoms with Crippen LogP contribution in [0.2, 0.25) is 0 Å². The molecule has 0 radical (unpaired) electrons. The van der Waals surface area contributed by atoms with E-state index in [-0.39, 0.29) is 43.1 Å². The maximum absolute atomic E-state index is 14.3. The number of aromatic nitrogens is 2. The van der Waals surface area contributed by atoms with Crippen LogP contribution >= 0.6 is 22.6 Å². The number of carbonyl (C=O) groups excluding carboxylic acids is 1. The molecule has 0 fully saturated rings. The van der Waals surface area contributed by atoms with Gasteiger partial charge in [-0.25, -0.2) is 13.8 Å². The number of carbonyl (C=O) groups is 1. The van der Waals surface area contributed by atoms with Crippen LogP contribution in [0, 0.1) is 15.2 Å². The predicted octanol–water partition coefficient (Wildman–Crippen LogP) is 3.00. The lowest BCUT2D eigenvalue weighted by molar-refractivity contribution is 0.0663. The van der Waals surface area contributed by atoms with E-state index < -0.39 is 11.6 Å². The minimum absolute atomic E-state index is 0.0239. The van der Waals surface area contributed by atoms with Gasteiger partial charge in [0.2, 0.25) is 0 Å². The number of hydrogen-bond donors (Lipinski definition) is 1. The van der Waals surface area contributed by atoms with E-state index >= 15 is 0 Å². The number of rotatable bonds is 7. The summed E-state index contributed by atoms with van der Waals surface area (Å²) in [6.45, 7) is -0.435. The molecule has 0 spiro atoms. The minimum atomic E-state index is -0.577. The molecule has 0 bridgehead atoms. The van der Waals surface area contributed by atoms with E-state index in [9.17, 15) is 13.6 Å². The Morgan fingerprint density at radius 1 is 1.27 bits per heavy atom. The second-order valence-corrected chi connectivity index (χ2v) is 6.86. The molecule has 0 amide bonds. The fraction of sp³-hybridized carbons (Fsp3) is 0.222. The third-order valence-electron chi connectivity index (χ3n) is 3.90. The number of benzene rings is 1. The second kappa shape index (κ2) is 8.19. The highest BCUT2D eigenvalue weighted by Crippen LogP contribution is 2.24. The van der Waals surface area contributed by atoms with Gasteiger partial charge in [-0.1, -0.05) is 6.07 Å². The summed E-state index contributed by atoms with van der Waals surface area (Å²) in [6, 6.07) is 6.22. The number of fused-ring (bicyclic) bond motifs is 1. The van der Waals surface area contributed by atoms with Crippen LogP contribution < -0.4 is 0 Å². The molecule has 1 N–H and O–H groups in total. The Labute approximate surface area is 161 Å². The Bertz CT molecular complexity index is 959. The fourth-order valence-corrected chi connectivity index (χ4v) is 3.14. The third kappa shape index (κ3) is 3.92. The highest BCUT2D eigenvalue weighted by molar-refractivity contribution is 14.1. The molecular weight excluding hydrogens is 457 g/mol. The van der Waals surface area contributed by atoms with Crippen LogP contribution in [-0.4, -0.2) is 40.1 Å². The predicted molar refractivity (Wildman–Crippen MR) is 99.3 cm³/mol. The molecule has 0 aliphatic carbocycles. The van der Waals surface area contributed by atoms with Gasteiger partial charge in [-0.2, -0.15) is 0 Å². The summed E-state index contributed by atoms with van der Waals surface area (Å²) >= 11 is 2.01. The summed E-state index contributed by atoms with van der Waals surface area (Å²) in [6.07, 6.45) is 2.55. The number of aliphatic hydroxyl groups excluding tert-OH is 1. The number of hydrogen-bond acceptors (Lipinski definition) is 4. The zero-order valence-corrected chi connectivity index (χ0v) is 15.7. The quantitative estimate of drug-likeness (QED) is 0.327. The van der Waals surface area contributed by atoms with Gasteiger partial charge in [-0.3, -0.25) is 4.79 Å². The molecule has 0 aliphatic rings. The van der Waals surface area contributed by atoms with E-state index in [2.05, 4.69) is 4.98 Å². The molecule has 0 atom stereocenters. The van der Waals surface area contributed by atoms with Gasteiger partial charge in [0.25, 0.3) is 0 Å². The molecular formula is C18H15F2IN2O3. The lowest BCUT2D eigenvalue weighted by Crippen LogP contribution is -2.13. The Morgan fingerprint density at radius 3 is 2.81 bits per heavy atom. The van der Waals surface area contributed by atoms with Crippen molar-refractivity contribution in [2.45, 2.75) is 6.42 Å². The molecule has 3 rings (SSSR count). The van der Waals surface area contributed by atoms with Crippen molar-refractivity contribution in [1.82, 2.24) is 9.38 Å². The molecule has 26 heavy (non-hydrogen) atoms. The van der Waals surface area contributed by atoms with Crippen LogP contribution in [0.15, 0.2) is 36.8 Å². The summed E-state index contributed by atoms with van der Waals surface area (Å²) in [5, 5.41) is 8.76. The van der Waals surface area contributed by atoms with Crippen LogP contribution in [0.1, 0.15) is 21.6 Å². The molecule has 2 aromatic heterocycles. The van der Waals surface area contributed by atoms with Crippen LogP contribution in [0.3, 0.4) is 0 Å². The second-order valence-electron chi connectivity index (χ2n) is 5.61. The lowest BCUT2D eigenvalue weighted by Gasteiger charge is -2.08. The first-order chi connectivity index (χ1) is 12.5. The summed E-state index contributed by atoms with van der Waals surface area (Å²) < 4.78 is 35.6. The molecule has 0 unspecified atom stereocenters. The van der Waals surface area contributed by atoms with E-state index in [0.29, 0.717) is 11.3 Å². The van der Waals surface area contributed by atoms with Crippen molar-refractivity contribution < 1.29 is 23.4 Å². The average molecular weight is 472 g/mol.